The molecular weight excluding hydrogens is 260 g/mol. The summed E-state index contributed by atoms with van der Waals surface area (Å²) < 4.78 is 5.95. The van der Waals surface area contributed by atoms with Crippen molar-refractivity contribution >= 4 is 32.7 Å². The number of aromatic hydroxyl groups is 1. The van der Waals surface area contributed by atoms with Crippen molar-refractivity contribution in [2.75, 3.05) is 0 Å². The molecule has 1 aromatic carbocycles. The molecule has 15 heavy (non-hydrogen) atoms. The maximum absolute atomic E-state index is 11.4. The quantitative estimate of drug-likeness (QED) is 0.807. The Labute approximate surface area is 94.8 Å². The Hall–Kier alpha value is -1.29. The van der Waals surface area contributed by atoms with E-state index in [1.165, 1.54) is 6.92 Å². The molecular formula is C11H9BrO3. The summed E-state index contributed by atoms with van der Waals surface area (Å²) in [5.41, 5.74) is 0.974. The lowest BCUT2D eigenvalue weighted by molar-refractivity contribution is 0.101. The fourth-order valence-electron chi connectivity index (χ4n) is 1.69. The molecule has 0 saturated heterocycles. The minimum Gasteiger partial charge on any atom is -0.506 e. The zero-order valence-corrected chi connectivity index (χ0v) is 9.88. The number of benzene rings is 1. The SMILES string of the molecule is CC(=O)c1c(C)oc2ccc(Br)c(O)c12. The van der Waals surface area contributed by atoms with E-state index in [9.17, 15) is 9.90 Å². The molecule has 0 fully saturated rings. The van der Waals surface area contributed by atoms with Crippen molar-refractivity contribution in [1.82, 2.24) is 0 Å². The number of phenolic OH excluding ortho intramolecular Hbond substituents is 1. The molecule has 2 rings (SSSR count). The zero-order chi connectivity index (χ0) is 11.2. The van der Waals surface area contributed by atoms with Gasteiger partial charge in [-0.05, 0) is 41.9 Å². The lowest BCUT2D eigenvalue weighted by Crippen LogP contribution is -1.92. The average Bonchev–Trinajstić information content (AvgIpc) is 2.49. The van der Waals surface area contributed by atoms with Crippen LogP contribution in [-0.2, 0) is 0 Å². The molecule has 1 aromatic heterocycles. The van der Waals surface area contributed by atoms with E-state index in [0.717, 1.165) is 0 Å². The molecule has 0 aliphatic carbocycles. The van der Waals surface area contributed by atoms with Crippen LogP contribution in [0.15, 0.2) is 21.0 Å². The van der Waals surface area contributed by atoms with Gasteiger partial charge in [-0.2, -0.15) is 0 Å². The van der Waals surface area contributed by atoms with E-state index < -0.39 is 0 Å². The Bertz CT molecular complexity index is 554. The van der Waals surface area contributed by atoms with E-state index in [-0.39, 0.29) is 11.5 Å². The van der Waals surface area contributed by atoms with Gasteiger partial charge in [-0.1, -0.05) is 0 Å². The van der Waals surface area contributed by atoms with E-state index in [0.29, 0.717) is 26.8 Å². The highest BCUT2D eigenvalue weighted by Crippen LogP contribution is 2.37. The Morgan fingerprint density at radius 3 is 2.73 bits per heavy atom. The first-order chi connectivity index (χ1) is 7.02. The van der Waals surface area contributed by atoms with Crippen LogP contribution in [0.5, 0.6) is 5.75 Å². The Morgan fingerprint density at radius 1 is 1.47 bits per heavy atom. The molecule has 0 aliphatic heterocycles. The first kappa shape index (κ1) is 10.2. The van der Waals surface area contributed by atoms with Crippen molar-refractivity contribution in [1.29, 1.82) is 0 Å². The second-order valence-electron chi connectivity index (χ2n) is 3.36. The van der Waals surface area contributed by atoms with Crippen molar-refractivity contribution in [2.24, 2.45) is 0 Å². The van der Waals surface area contributed by atoms with Crippen LogP contribution in [0, 0.1) is 6.92 Å². The number of rotatable bonds is 1. The van der Waals surface area contributed by atoms with E-state index in [1.807, 2.05) is 0 Å². The predicted octanol–water partition coefficient (Wildman–Crippen LogP) is 3.41. The maximum Gasteiger partial charge on any atom is 0.164 e. The lowest BCUT2D eigenvalue weighted by atomic mass is 10.1. The monoisotopic (exact) mass is 268 g/mol. The van der Waals surface area contributed by atoms with Crippen molar-refractivity contribution < 1.29 is 14.3 Å². The summed E-state index contributed by atoms with van der Waals surface area (Å²) in [6.07, 6.45) is 0. The molecule has 0 unspecified atom stereocenters. The first-order valence-electron chi connectivity index (χ1n) is 4.44. The van der Waals surface area contributed by atoms with Crippen LogP contribution in [0.1, 0.15) is 23.0 Å². The Balaban J connectivity index is 2.96. The van der Waals surface area contributed by atoms with Gasteiger partial charge < -0.3 is 9.52 Å². The number of Topliss-reactive ketones (excluding diaryl/α,β-unsaturated/α-hetero) is 1. The standard InChI is InChI=1S/C11H9BrO3/c1-5(13)9-6(2)15-8-4-3-7(12)11(14)10(8)9/h3-4,14H,1-2H3. The second-order valence-corrected chi connectivity index (χ2v) is 4.21. The molecule has 0 atom stereocenters. The normalized spacial score (nSPS) is 10.9. The summed E-state index contributed by atoms with van der Waals surface area (Å²) in [7, 11) is 0. The molecule has 0 bridgehead atoms. The smallest absolute Gasteiger partial charge is 0.164 e. The maximum atomic E-state index is 11.4. The van der Waals surface area contributed by atoms with Crippen molar-refractivity contribution in [3.05, 3.63) is 27.9 Å². The Kier molecular flexibility index (Phi) is 2.31. The van der Waals surface area contributed by atoms with E-state index in [2.05, 4.69) is 15.9 Å². The minimum absolute atomic E-state index is 0.0505. The summed E-state index contributed by atoms with van der Waals surface area (Å²) in [6.45, 7) is 3.17. The third-order valence-corrected chi connectivity index (χ3v) is 2.95. The Morgan fingerprint density at radius 2 is 2.13 bits per heavy atom. The molecule has 0 spiro atoms. The highest BCUT2D eigenvalue weighted by Gasteiger charge is 2.19. The summed E-state index contributed by atoms with van der Waals surface area (Å²) in [5, 5.41) is 10.3. The highest BCUT2D eigenvalue weighted by molar-refractivity contribution is 9.10. The van der Waals surface area contributed by atoms with Crippen LogP contribution in [0.25, 0.3) is 11.0 Å². The third-order valence-electron chi connectivity index (χ3n) is 2.31. The number of carbonyl (C=O) groups is 1. The molecule has 2 aromatic rings. The fourth-order valence-corrected chi connectivity index (χ4v) is 2.02. The van der Waals surface area contributed by atoms with E-state index in [1.54, 1.807) is 19.1 Å². The van der Waals surface area contributed by atoms with Gasteiger partial charge in [0.25, 0.3) is 0 Å². The predicted molar refractivity (Wildman–Crippen MR) is 60.3 cm³/mol. The summed E-state index contributed by atoms with van der Waals surface area (Å²) in [5.74, 6) is 0.472. The summed E-state index contributed by atoms with van der Waals surface area (Å²) in [6, 6.07) is 3.41. The number of ketones is 1. The number of aryl methyl sites for hydroxylation is 1. The molecule has 0 saturated carbocycles. The van der Waals surface area contributed by atoms with E-state index in [4.69, 9.17) is 4.42 Å². The lowest BCUT2D eigenvalue weighted by Gasteiger charge is -1.98. The van der Waals surface area contributed by atoms with Crippen LogP contribution >= 0.6 is 15.9 Å². The number of fused-ring (bicyclic) bond motifs is 1. The first-order valence-corrected chi connectivity index (χ1v) is 5.23. The van der Waals surface area contributed by atoms with Gasteiger partial charge in [-0.25, -0.2) is 0 Å². The third kappa shape index (κ3) is 1.45. The van der Waals surface area contributed by atoms with Gasteiger partial charge in [-0.15, -0.1) is 0 Å². The van der Waals surface area contributed by atoms with Crippen molar-refractivity contribution in [3.8, 4) is 5.75 Å². The van der Waals surface area contributed by atoms with Crippen LogP contribution in [-0.4, -0.2) is 10.9 Å². The molecule has 4 heteroatoms. The molecule has 0 radical (unpaired) electrons. The van der Waals surface area contributed by atoms with Gasteiger partial charge in [0.15, 0.2) is 5.78 Å². The summed E-state index contributed by atoms with van der Waals surface area (Å²) in [4.78, 5) is 11.4. The summed E-state index contributed by atoms with van der Waals surface area (Å²) >= 11 is 3.21. The molecule has 3 nitrogen and oxygen atoms in total. The number of phenols is 1. The van der Waals surface area contributed by atoms with Gasteiger partial charge in [0.1, 0.15) is 17.1 Å². The fraction of sp³-hybridized carbons (Fsp3) is 0.182. The number of carbonyl (C=O) groups excluding carboxylic acids is 1. The van der Waals surface area contributed by atoms with Gasteiger partial charge in [-0.3, -0.25) is 4.79 Å². The molecule has 1 N–H and O–H groups in total. The van der Waals surface area contributed by atoms with E-state index >= 15 is 0 Å². The zero-order valence-electron chi connectivity index (χ0n) is 8.30. The average molecular weight is 269 g/mol. The van der Waals surface area contributed by atoms with Crippen LogP contribution in [0.2, 0.25) is 0 Å². The molecule has 0 amide bonds. The number of halogens is 1. The second kappa shape index (κ2) is 3.38. The van der Waals surface area contributed by atoms with Gasteiger partial charge in [0, 0.05) is 0 Å². The topological polar surface area (TPSA) is 50.4 Å². The van der Waals surface area contributed by atoms with Gasteiger partial charge >= 0.3 is 0 Å². The molecule has 78 valence electrons. The number of furan rings is 1. The van der Waals surface area contributed by atoms with Crippen molar-refractivity contribution in [3.63, 3.8) is 0 Å². The van der Waals surface area contributed by atoms with Crippen LogP contribution < -0.4 is 0 Å². The van der Waals surface area contributed by atoms with Crippen molar-refractivity contribution in [2.45, 2.75) is 13.8 Å². The van der Waals surface area contributed by atoms with Gasteiger partial charge in [0.2, 0.25) is 0 Å². The van der Waals surface area contributed by atoms with Gasteiger partial charge in [0.05, 0.1) is 15.4 Å². The number of hydrogen-bond donors (Lipinski definition) is 1. The van der Waals surface area contributed by atoms with Crippen LogP contribution in [0.4, 0.5) is 0 Å². The van der Waals surface area contributed by atoms with Crippen LogP contribution in [0.3, 0.4) is 0 Å². The molecule has 0 aliphatic rings. The largest absolute Gasteiger partial charge is 0.506 e. The minimum atomic E-state index is -0.111. The highest BCUT2D eigenvalue weighted by atomic mass is 79.9. The molecule has 1 heterocycles. The number of hydrogen-bond acceptors (Lipinski definition) is 3.